The van der Waals surface area contributed by atoms with Gasteiger partial charge in [0.25, 0.3) is 0 Å². The summed E-state index contributed by atoms with van der Waals surface area (Å²) in [5.41, 5.74) is 5.81. The zero-order valence-corrected chi connectivity index (χ0v) is 9.36. The molecule has 1 saturated heterocycles. The van der Waals surface area contributed by atoms with Gasteiger partial charge in [0, 0.05) is 12.6 Å². The first kappa shape index (κ1) is 10.7. The van der Waals surface area contributed by atoms with Crippen molar-refractivity contribution in [1.82, 2.24) is 4.90 Å². The first-order valence-corrected chi connectivity index (χ1v) is 5.82. The summed E-state index contributed by atoms with van der Waals surface area (Å²) >= 11 is 0. The molecule has 2 rings (SSSR count). The summed E-state index contributed by atoms with van der Waals surface area (Å²) < 4.78 is 5.46. The molecule has 2 atom stereocenters. The Morgan fingerprint density at radius 1 is 1.60 bits per heavy atom. The van der Waals surface area contributed by atoms with Crippen molar-refractivity contribution in [1.29, 1.82) is 0 Å². The number of nitrogens with zero attached hydrogens (tertiary/aromatic N) is 1. The van der Waals surface area contributed by atoms with Gasteiger partial charge in [-0.3, -0.25) is 4.90 Å². The van der Waals surface area contributed by atoms with Crippen molar-refractivity contribution in [2.24, 2.45) is 5.73 Å². The number of rotatable bonds is 3. The van der Waals surface area contributed by atoms with E-state index in [-0.39, 0.29) is 0 Å². The van der Waals surface area contributed by atoms with E-state index in [1.54, 1.807) is 6.26 Å². The van der Waals surface area contributed by atoms with Crippen LogP contribution in [0.2, 0.25) is 0 Å². The summed E-state index contributed by atoms with van der Waals surface area (Å²) in [6.07, 6.45) is 5.56. The molecule has 0 spiro atoms. The molecule has 0 saturated carbocycles. The zero-order chi connectivity index (χ0) is 10.7. The fraction of sp³-hybridized carbons (Fsp3) is 0.667. The molecule has 0 bridgehead atoms. The van der Waals surface area contributed by atoms with Crippen molar-refractivity contribution in [3.8, 4) is 0 Å². The van der Waals surface area contributed by atoms with E-state index in [2.05, 4.69) is 11.8 Å². The van der Waals surface area contributed by atoms with Gasteiger partial charge >= 0.3 is 0 Å². The average molecular weight is 208 g/mol. The second-order valence-electron chi connectivity index (χ2n) is 4.31. The number of hydrogen-bond donors (Lipinski definition) is 1. The van der Waals surface area contributed by atoms with Crippen LogP contribution >= 0.6 is 0 Å². The van der Waals surface area contributed by atoms with Gasteiger partial charge < -0.3 is 10.2 Å². The monoisotopic (exact) mass is 208 g/mol. The molecule has 15 heavy (non-hydrogen) atoms. The fourth-order valence-corrected chi connectivity index (χ4v) is 2.48. The molecule has 1 aliphatic heterocycles. The highest BCUT2D eigenvalue weighted by Crippen LogP contribution is 2.27. The summed E-state index contributed by atoms with van der Waals surface area (Å²) in [5, 5.41) is 0. The molecule has 0 aliphatic carbocycles. The van der Waals surface area contributed by atoms with Crippen LogP contribution in [-0.2, 0) is 0 Å². The standard InChI is InChI=1S/C12H20N2O/c1-10(12-6-4-8-15-12)14-7-3-2-5-11(14)9-13/h4,6,8,10-11H,2-3,5,7,9,13H2,1H3. The Morgan fingerprint density at radius 3 is 3.13 bits per heavy atom. The minimum absolute atomic E-state index is 0.355. The molecule has 1 aromatic rings. The summed E-state index contributed by atoms with van der Waals surface area (Å²) in [6, 6.07) is 4.88. The predicted octanol–water partition coefficient (Wildman–Crippen LogP) is 2.15. The van der Waals surface area contributed by atoms with E-state index in [0.717, 1.165) is 18.8 Å². The van der Waals surface area contributed by atoms with Crippen LogP contribution < -0.4 is 5.73 Å². The van der Waals surface area contributed by atoms with Gasteiger partial charge in [-0.25, -0.2) is 0 Å². The number of furan rings is 1. The molecular weight excluding hydrogens is 188 g/mol. The van der Waals surface area contributed by atoms with Crippen molar-refractivity contribution >= 4 is 0 Å². The predicted molar refractivity (Wildman–Crippen MR) is 60.5 cm³/mol. The van der Waals surface area contributed by atoms with Crippen LogP contribution in [0.4, 0.5) is 0 Å². The van der Waals surface area contributed by atoms with Crippen LogP contribution in [0, 0.1) is 0 Å². The molecular formula is C12H20N2O. The van der Waals surface area contributed by atoms with Gasteiger partial charge in [0.05, 0.1) is 12.3 Å². The van der Waals surface area contributed by atoms with Crippen molar-refractivity contribution < 1.29 is 4.42 Å². The third-order valence-electron chi connectivity index (χ3n) is 3.40. The Morgan fingerprint density at radius 2 is 2.47 bits per heavy atom. The third-order valence-corrected chi connectivity index (χ3v) is 3.40. The highest BCUT2D eigenvalue weighted by Gasteiger charge is 2.27. The molecule has 0 aromatic carbocycles. The van der Waals surface area contributed by atoms with Gasteiger partial charge in [-0.2, -0.15) is 0 Å². The molecule has 1 aromatic heterocycles. The minimum atomic E-state index is 0.355. The first-order chi connectivity index (χ1) is 7.33. The van der Waals surface area contributed by atoms with Gasteiger partial charge in [-0.05, 0) is 38.4 Å². The van der Waals surface area contributed by atoms with E-state index < -0.39 is 0 Å². The lowest BCUT2D eigenvalue weighted by Gasteiger charge is -2.38. The van der Waals surface area contributed by atoms with Crippen LogP contribution in [0.5, 0.6) is 0 Å². The molecule has 1 fully saturated rings. The van der Waals surface area contributed by atoms with E-state index in [9.17, 15) is 0 Å². The fourth-order valence-electron chi connectivity index (χ4n) is 2.48. The van der Waals surface area contributed by atoms with E-state index in [1.165, 1.54) is 19.3 Å². The van der Waals surface area contributed by atoms with Gasteiger partial charge in [-0.15, -0.1) is 0 Å². The summed E-state index contributed by atoms with van der Waals surface area (Å²) in [6.45, 7) is 4.10. The van der Waals surface area contributed by atoms with E-state index >= 15 is 0 Å². The molecule has 2 N–H and O–H groups in total. The van der Waals surface area contributed by atoms with E-state index in [4.69, 9.17) is 10.2 Å². The Balaban J connectivity index is 2.07. The van der Waals surface area contributed by atoms with Crippen LogP contribution in [-0.4, -0.2) is 24.0 Å². The maximum Gasteiger partial charge on any atom is 0.120 e. The Hall–Kier alpha value is -0.800. The quantitative estimate of drug-likeness (QED) is 0.827. The van der Waals surface area contributed by atoms with Crippen LogP contribution in [0.1, 0.15) is 38.0 Å². The second kappa shape index (κ2) is 4.81. The van der Waals surface area contributed by atoms with E-state index in [0.29, 0.717) is 12.1 Å². The van der Waals surface area contributed by atoms with Gasteiger partial charge in [0.1, 0.15) is 5.76 Å². The number of piperidine rings is 1. The summed E-state index contributed by atoms with van der Waals surface area (Å²) in [4.78, 5) is 2.47. The van der Waals surface area contributed by atoms with Crippen molar-refractivity contribution in [2.75, 3.05) is 13.1 Å². The lowest BCUT2D eigenvalue weighted by molar-refractivity contribution is 0.0957. The minimum Gasteiger partial charge on any atom is -0.468 e. The highest BCUT2D eigenvalue weighted by atomic mass is 16.3. The Labute approximate surface area is 91.2 Å². The molecule has 84 valence electrons. The smallest absolute Gasteiger partial charge is 0.120 e. The Bertz CT molecular complexity index is 284. The highest BCUT2D eigenvalue weighted by molar-refractivity contribution is 5.04. The Kier molecular flexibility index (Phi) is 3.44. The number of likely N-dealkylation sites (tertiary alicyclic amines) is 1. The molecule has 2 unspecified atom stereocenters. The molecule has 0 amide bonds. The van der Waals surface area contributed by atoms with Crippen LogP contribution in [0.3, 0.4) is 0 Å². The topological polar surface area (TPSA) is 42.4 Å². The third kappa shape index (κ3) is 2.24. The molecule has 2 heterocycles. The molecule has 1 aliphatic rings. The maximum atomic E-state index is 5.81. The maximum absolute atomic E-state index is 5.81. The van der Waals surface area contributed by atoms with Crippen molar-refractivity contribution in [3.63, 3.8) is 0 Å². The van der Waals surface area contributed by atoms with Gasteiger partial charge in [-0.1, -0.05) is 6.42 Å². The summed E-state index contributed by atoms with van der Waals surface area (Å²) in [7, 11) is 0. The normalized spacial score (nSPS) is 25.3. The molecule has 3 nitrogen and oxygen atoms in total. The molecule has 3 heteroatoms. The number of hydrogen-bond acceptors (Lipinski definition) is 3. The summed E-state index contributed by atoms with van der Waals surface area (Å²) in [5.74, 6) is 1.05. The zero-order valence-electron chi connectivity index (χ0n) is 9.36. The van der Waals surface area contributed by atoms with Crippen LogP contribution in [0.15, 0.2) is 22.8 Å². The first-order valence-electron chi connectivity index (χ1n) is 5.82. The van der Waals surface area contributed by atoms with Crippen LogP contribution in [0.25, 0.3) is 0 Å². The lowest BCUT2D eigenvalue weighted by Crippen LogP contribution is -2.45. The lowest BCUT2D eigenvalue weighted by atomic mass is 9.99. The van der Waals surface area contributed by atoms with Crippen molar-refractivity contribution in [2.45, 2.75) is 38.3 Å². The van der Waals surface area contributed by atoms with Gasteiger partial charge in [0.2, 0.25) is 0 Å². The van der Waals surface area contributed by atoms with Crippen molar-refractivity contribution in [3.05, 3.63) is 24.2 Å². The number of nitrogens with two attached hydrogens (primary N) is 1. The molecule has 0 radical (unpaired) electrons. The average Bonchev–Trinajstić information content (AvgIpc) is 2.81. The second-order valence-corrected chi connectivity index (χ2v) is 4.31. The van der Waals surface area contributed by atoms with E-state index in [1.807, 2.05) is 12.1 Å². The largest absolute Gasteiger partial charge is 0.468 e. The van der Waals surface area contributed by atoms with Gasteiger partial charge in [0.15, 0.2) is 0 Å². The SMILES string of the molecule is CC(c1ccco1)N1CCCCC1CN.